The molecule has 1 unspecified atom stereocenters. The van der Waals surface area contributed by atoms with Gasteiger partial charge in [-0.3, -0.25) is 19.3 Å². The number of esters is 2. The third-order valence-electron chi connectivity index (χ3n) is 9.17. The van der Waals surface area contributed by atoms with Crippen LogP contribution in [0.2, 0.25) is 0 Å². The van der Waals surface area contributed by atoms with Crippen molar-refractivity contribution in [3.05, 3.63) is 130 Å². The van der Waals surface area contributed by atoms with Crippen molar-refractivity contribution in [2.24, 2.45) is 10.6 Å². The van der Waals surface area contributed by atoms with Crippen LogP contribution in [0.4, 0.5) is 5.13 Å². The zero-order valence-electron chi connectivity index (χ0n) is 32.4. The third kappa shape index (κ3) is 8.90. The lowest BCUT2D eigenvalue weighted by Gasteiger charge is -2.49. The van der Waals surface area contributed by atoms with Crippen molar-refractivity contribution in [2.45, 2.75) is 51.1 Å². The van der Waals surface area contributed by atoms with E-state index < -0.39 is 52.9 Å². The van der Waals surface area contributed by atoms with Crippen LogP contribution in [0.25, 0.3) is 0 Å². The number of hydrogen-bond donors (Lipinski definition) is 2. The molecule has 0 spiro atoms. The van der Waals surface area contributed by atoms with Gasteiger partial charge in [-0.25, -0.2) is 9.78 Å². The lowest BCUT2D eigenvalue weighted by Crippen LogP contribution is -2.71. The molecule has 0 aliphatic carbocycles. The van der Waals surface area contributed by atoms with Crippen LogP contribution in [0.1, 0.15) is 56.5 Å². The topological polar surface area (TPSA) is 158 Å². The maximum atomic E-state index is 14.1. The number of thioether (sulfide) groups is 1. The van der Waals surface area contributed by atoms with Gasteiger partial charge in [-0.1, -0.05) is 103 Å². The minimum absolute atomic E-state index is 0.00275. The zero-order chi connectivity index (χ0) is 40.6. The summed E-state index contributed by atoms with van der Waals surface area (Å²) in [5.74, 6) is -2.27. The molecule has 0 radical (unpaired) electrons. The zero-order valence-corrected chi connectivity index (χ0v) is 34.0. The van der Waals surface area contributed by atoms with Gasteiger partial charge in [0.05, 0.1) is 12.0 Å². The molecule has 0 bridgehead atoms. The number of fused-ring (bicyclic) bond motifs is 1. The maximum Gasteiger partial charge on any atom is 0.358 e. The average molecular weight is 812 g/mol. The van der Waals surface area contributed by atoms with Crippen LogP contribution < -0.4 is 10.6 Å². The summed E-state index contributed by atoms with van der Waals surface area (Å²) in [5, 5.41) is 12.3. The summed E-state index contributed by atoms with van der Waals surface area (Å²) in [5.41, 5.74) is 1.94. The third-order valence-corrected chi connectivity index (χ3v) is 11.3. The molecule has 3 aromatic carbocycles. The van der Waals surface area contributed by atoms with Crippen molar-refractivity contribution in [3.63, 3.8) is 0 Å². The Morgan fingerprint density at radius 2 is 1.51 bits per heavy atom. The van der Waals surface area contributed by atoms with Gasteiger partial charge in [-0.05, 0) is 49.5 Å². The average Bonchev–Trinajstić information content (AvgIpc) is 3.68. The second-order valence-corrected chi connectivity index (χ2v) is 16.2. The Kier molecular flexibility index (Phi) is 13.1. The molecule has 15 heteroatoms. The monoisotopic (exact) mass is 811 g/mol. The van der Waals surface area contributed by atoms with Crippen LogP contribution in [0.15, 0.2) is 113 Å². The highest BCUT2D eigenvalue weighted by Crippen LogP contribution is 2.42. The Morgan fingerprint density at radius 1 is 0.912 bits per heavy atom. The Balaban J connectivity index is 1.25. The summed E-state index contributed by atoms with van der Waals surface area (Å²) in [6, 6.07) is 29.2. The standard InChI is InChI=1S/C42H45N5O8S2/c1-6-22-55-46-32(35(48)44-33-36(49)47-34(27(23-52-5)24-56-37(33)47)38(50)53-26-54-39(51)41(2,3)4)31-25-57-40(43-31)45-42(28-16-10-7-11-17-28,29-18-12-8-13-19-29)30-20-14-9-15-21-30/h7-21,25,33,37H,6,22-24,26H2,1-5H3,(H,43,45)(H,44,48)/t33?,37-/m1/s1. The SMILES string of the molecule is CCCON=C(C(=O)NC1C(=O)N2C(C(=O)OCOC(=O)C(C)(C)C)=C(COC)CS[C@H]12)c1csc(NC(c2ccccc2)(c2ccccc2)c2ccccc2)n1. The van der Waals surface area contributed by atoms with E-state index in [1.165, 1.54) is 35.1 Å². The van der Waals surface area contributed by atoms with Gasteiger partial charge in [0, 0.05) is 18.2 Å². The summed E-state index contributed by atoms with van der Waals surface area (Å²) >= 11 is 2.67. The van der Waals surface area contributed by atoms with Gasteiger partial charge in [-0.2, -0.15) is 0 Å². The molecule has 0 saturated carbocycles. The Morgan fingerprint density at radius 3 is 2.05 bits per heavy atom. The first-order chi connectivity index (χ1) is 27.5. The van der Waals surface area contributed by atoms with Crippen molar-refractivity contribution < 1.29 is 38.2 Å². The molecule has 57 heavy (non-hydrogen) atoms. The van der Waals surface area contributed by atoms with Crippen LogP contribution in [0.5, 0.6) is 0 Å². The normalized spacial score (nSPS) is 17.0. The number of ether oxygens (including phenoxy) is 3. The molecule has 13 nitrogen and oxygen atoms in total. The quantitative estimate of drug-likeness (QED) is 0.0258. The number of β-lactam (4-membered cyclic amide) rings is 1. The summed E-state index contributed by atoms with van der Waals surface area (Å²) in [4.78, 5) is 65.0. The number of nitrogens with one attached hydrogen (secondary N) is 2. The van der Waals surface area contributed by atoms with Crippen molar-refractivity contribution in [3.8, 4) is 0 Å². The highest BCUT2D eigenvalue weighted by molar-refractivity contribution is 8.00. The van der Waals surface area contributed by atoms with Gasteiger partial charge in [-0.15, -0.1) is 23.1 Å². The molecule has 2 N–H and O–H groups in total. The van der Waals surface area contributed by atoms with Gasteiger partial charge >= 0.3 is 11.9 Å². The molecule has 2 atom stereocenters. The summed E-state index contributed by atoms with van der Waals surface area (Å²) in [6.45, 7) is 6.65. The predicted molar refractivity (Wildman–Crippen MR) is 218 cm³/mol. The number of anilines is 1. The molecule has 2 amide bonds. The minimum atomic E-state index is -0.998. The Labute approximate surface area is 339 Å². The van der Waals surface area contributed by atoms with Gasteiger partial charge in [0.15, 0.2) is 10.8 Å². The van der Waals surface area contributed by atoms with E-state index in [-0.39, 0.29) is 30.3 Å². The molecular formula is C42H45N5O8S2. The van der Waals surface area contributed by atoms with Crippen LogP contribution >= 0.6 is 23.1 Å². The van der Waals surface area contributed by atoms with Crippen LogP contribution in [-0.4, -0.2) is 83.6 Å². The van der Waals surface area contributed by atoms with E-state index in [4.69, 9.17) is 24.0 Å². The van der Waals surface area contributed by atoms with Crippen LogP contribution in [0, 0.1) is 5.41 Å². The summed E-state index contributed by atoms with van der Waals surface area (Å²) in [7, 11) is 1.48. The number of hydrogen-bond acceptors (Lipinski definition) is 13. The number of benzene rings is 3. The van der Waals surface area contributed by atoms with E-state index in [1.807, 2.05) is 61.5 Å². The fraction of sp³-hybridized carbons (Fsp3) is 0.333. The molecule has 4 aromatic rings. The minimum Gasteiger partial charge on any atom is -0.427 e. The van der Waals surface area contributed by atoms with Gasteiger partial charge < -0.3 is 29.7 Å². The Bertz CT molecular complexity index is 2020. The van der Waals surface area contributed by atoms with E-state index in [1.54, 1.807) is 26.2 Å². The van der Waals surface area contributed by atoms with Crippen LogP contribution in [-0.2, 0) is 43.8 Å². The molecule has 2 aliphatic rings. The van der Waals surface area contributed by atoms with E-state index in [2.05, 4.69) is 52.2 Å². The first-order valence-electron chi connectivity index (χ1n) is 18.4. The van der Waals surface area contributed by atoms with Gasteiger partial charge in [0.2, 0.25) is 6.79 Å². The van der Waals surface area contributed by atoms with E-state index >= 15 is 0 Å². The van der Waals surface area contributed by atoms with Crippen molar-refractivity contribution >= 4 is 57.7 Å². The number of oxime groups is 1. The second kappa shape index (κ2) is 18.2. The molecule has 1 saturated heterocycles. The van der Waals surface area contributed by atoms with E-state index in [0.717, 1.165) is 16.7 Å². The van der Waals surface area contributed by atoms with E-state index in [9.17, 15) is 19.2 Å². The molecule has 298 valence electrons. The highest BCUT2D eigenvalue weighted by Gasteiger charge is 2.55. The fourth-order valence-electron chi connectivity index (χ4n) is 6.38. The lowest BCUT2D eigenvalue weighted by molar-refractivity contribution is -0.173. The molecule has 2 aliphatic heterocycles. The van der Waals surface area contributed by atoms with E-state index in [0.29, 0.717) is 22.9 Å². The molecular weight excluding hydrogens is 767 g/mol. The predicted octanol–water partition coefficient (Wildman–Crippen LogP) is 6.07. The number of carbonyl (C=O) groups excluding carboxylic acids is 4. The second-order valence-electron chi connectivity index (χ2n) is 14.3. The molecule has 6 rings (SSSR count). The molecule has 1 aromatic heterocycles. The molecule has 1 fully saturated rings. The van der Waals surface area contributed by atoms with Gasteiger partial charge in [0.25, 0.3) is 11.8 Å². The number of thiazole rings is 1. The first kappa shape index (κ1) is 41.1. The van der Waals surface area contributed by atoms with Crippen molar-refractivity contribution in [1.29, 1.82) is 0 Å². The number of methoxy groups -OCH3 is 1. The largest absolute Gasteiger partial charge is 0.427 e. The number of rotatable bonds is 16. The van der Waals surface area contributed by atoms with Crippen molar-refractivity contribution in [2.75, 3.05) is 38.2 Å². The van der Waals surface area contributed by atoms with Crippen LogP contribution in [0.3, 0.4) is 0 Å². The number of aromatic nitrogens is 1. The highest BCUT2D eigenvalue weighted by atomic mass is 32.2. The molecule has 3 heterocycles. The Hall–Kier alpha value is -5.51. The smallest absolute Gasteiger partial charge is 0.358 e. The van der Waals surface area contributed by atoms with Crippen molar-refractivity contribution in [1.82, 2.24) is 15.2 Å². The lowest BCUT2D eigenvalue weighted by atomic mass is 9.77. The summed E-state index contributed by atoms with van der Waals surface area (Å²) < 4.78 is 15.7. The number of nitrogens with zero attached hydrogens (tertiary/aromatic N) is 3. The van der Waals surface area contributed by atoms with Gasteiger partial charge in [0.1, 0.15) is 35.0 Å². The fourth-order valence-corrected chi connectivity index (χ4v) is 8.45. The first-order valence-corrected chi connectivity index (χ1v) is 20.3. The number of carbonyl (C=O) groups is 4. The summed E-state index contributed by atoms with van der Waals surface area (Å²) in [6.07, 6.45) is 0.648. The maximum absolute atomic E-state index is 14.1. The number of amides is 2.